The molecule has 6 heteroatoms. The molecule has 1 aliphatic rings. The van der Waals surface area contributed by atoms with Gasteiger partial charge in [-0.05, 0) is 30.2 Å². The molecule has 4 rings (SSSR count). The molecule has 0 radical (unpaired) electrons. The molecule has 1 aliphatic heterocycles. The van der Waals surface area contributed by atoms with Crippen molar-refractivity contribution in [3.63, 3.8) is 0 Å². The minimum Gasteiger partial charge on any atom is -0.465 e. The summed E-state index contributed by atoms with van der Waals surface area (Å²) in [7, 11) is 0. The van der Waals surface area contributed by atoms with Gasteiger partial charge < -0.3 is 13.9 Å². The van der Waals surface area contributed by atoms with Crippen LogP contribution in [0.3, 0.4) is 0 Å². The van der Waals surface area contributed by atoms with E-state index in [-0.39, 0.29) is 5.91 Å². The summed E-state index contributed by atoms with van der Waals surface area (Å²) in [6, 6.07) is 14.0. The highest BCUT2D eigenvalue weighted by Gasteiger charge is 2.23. The maximum atomic E-state index is 12.4. The molecular weight excluding hydrogens is 328 g/mol. The molecule has 0 unspecified atom stereocenters. The topological polar surface area (TPSA) is 64.2 Å². The van der Waals surface area contributed by atoms with E-state index < -0.39 is 0 Å². The third-order valence-corrected chi connectivity index (χ3v) is 4.55. The van der Waals surface area contributed by atoms with Gasteiger partial charge in [0.25, 0.3) is 0 Å². The highest BCUT2D eigenvalue weighted by molar-refractivity contribution is 5.91. The van der Waals surface area contributed by atoms with Crippen molar-refractivity contribution in [1.29, 1.82) is 0 Å². The van der Waals surface area contributed by atoms with Crippen LogP contribution < -0.4 is 0 Å². The second-order valence-electron chi connectivity index (χ2n) is 6.28. The van der Waals surface area contributed by atoms with E-state index in [0.717, 1.165) is 31.0 Å². The minimum absolute atomic E-state index is 0.0403. The first-order valence-electron chi connectivity index (χ1n) is 8.75. The van der Waals surface area contributed by atoms with Crippen LogP contribution in [0.4, 0.5) is 0 Å². The average Bonchev–Trinajstić information content (AvgIpc) is 3.34. The second kappa shape index (κ2) is 7.39. The Bertz CT molecular complexity index is 897. The largest absolute Gasteiger partial charge is 0.465 e. The van der Waals surface area contributed by atoms with Crippen molar-refractivity contribution in [2.75, 3.05) is 6.54 Å². The van der Waals surface area contributed by atoms with Crippen molar-refractivity contribution in [2.24, 2.45) is 0 Å². The van der Waals surface area contributed by atoms with Crippen LogP contribution in [0, 0.1) is 0 Å². The van der Waals surface area contributed by atoms with E-state index in [1.54, 1.807) is 29.4 Å². The molecule has 1 aromatic carbocycles. The fourth-order valence-electron chi connectivity index (χ4n) is 3.14. The standard InChI is InChI=1S/C20H20N4O2/c25-20(11-9-17-7-4-14-26-17)23-12-13-24-18(21-22-19(24)15-23)10-8-16-5-2-1-3-6-16/h1-7,9,11,14H,8,10,12-13,15H2/b11-9+. The molecule has 132 valence electrons. The van der Waals surface area contributed by atoms with Crippen LogP contribution in [-0.4, -0.2) is 32.1 Å². The third kappa shape index (κ3) is 3.59. The number of hydrogen-bond acceptors (Lipinski definition) is 4. The normalized spacial score (nSPS) is 13.9. The van der Waals surface area contributed by atoms with E-state index in [2.05, 4.69) is 26.9 Å². The molecule has 0 saturated carbocycles. The molecule has 0 N–H and O–H groups in total. The lowest BCUT2D eigenvalue weighted by atomic mass is 10.1. The Morgan fingerprint density at radius 1 is 1.08 bits per heavy atom. The Labute approximate surface area is 151 Å². The van der Waals surface area contributed by atoms with Gasteiger partial charge in [-0.2, -0.15) is 0 Å². The van der Waals surface area contributed by atoms with Crippen molar-refractivity contribution in [1.82, 2.24) is 19.7 Å². The molecule has 0 saturated heterocycles. The highest BCUT2D eigenvalue weighted by atomic mass is 16.3. The lowest BCUT2D eigenvalue weighted by Crippen LogP contribution is -2.37. The maximum absolute atomic E-state index is 12.4. The number of hydrogen-bond donors (Lipinski definition) is 0. The van der Waals surface area contributed by atoms with Crippen LogP contribution in [-0.2, 0) is 30.7 Å². The Kier molecular flexibility index (Phi) is 4.64. The summed E-state index contributed by atoms with van der Waals surface area (Å²) >= 11 is 0. The van der Waals surface area contributed by atoms with Gasteiger partial charge in [-0.1, -0.05) is 30.3 Å². The summed E-state index contributed by atoms with van der Waals surface area (Å²) in [6.07, 6.45) is 6.61. The fourth-order valence-corrected chi connectivity index (χ4v) is 3.14. The number of aryl methyl sites for hydroxylation is 2. The monoisotopic (exact) mass is 348 g/mol. The molecule has 2 aromatic heterocycles. The molecule has 0 bridgehead atoms. The van der Waals surface area contributed by atoms with Crippen molar-refractivity contribution >= 4 is 12.0 Å². The third-order valence-electron chi connectivity index (χ3n) is 4.55. The second-order valence-corrected chi connectivity index (χ2v) is 6.28. The van der Waals surface area contributed by atoms with E-state index in [4.69, 9.17) is 4.42 Å². The van der Waals surface area contributed by atoms with Gasteiger partial charge >= 0.3 is 0 Å². The molecule has 1 amide bonds. The van der Waals surface area contributed by atoms with Gasteiger partial charge in [0.1, 0.15) is 11.6 Å². The SMILES string of the molecule is O=C(/C=C/c1ccco1)N1CCn2c(CCc3ccccc3)nnc2C1. The number of fused-ring (bicyclic) bond motifs is 1. The fraction of sp³-hybridized carbons (Fsp3) is 0.250. The van der Waals surface area contributed by atoms with Crippen LogP contribution in [0.25, 0.3) is 6.08 Å². The predicted octanol–water partition coefficient (Wildman–Crippen LogP) is 2.71. The maximum Gasteiger partial charge on any atom is 0.247 e. The molecule has 6 nitrogen and oxygen atoms in total. The zero-order valence-corrected chi connectivity index (χ0v) is 14.4. The van der Waals surface area contributed by atoms with Gasteiger partial charge in [-0.25, -0.2) is 0 Å². The van der Waals surface area contributed by atoms with Crippen LogP contribution in [0.2, 0.25) is 0 Å². The summed E-state index contributed by atoms with van der Waals surface area (Å²) < 4.78 is 7.35. The highest BCUT2D eigenvalue weighted by Crippen LogP contribution is 2.15. The summed E-state index contributed by atoms with van der Waals surface area (Å²) in [4.78, 5) is 14.1. The lowest BCUT2D eigenvalue weighted by molar-refractivity contribution is -0.127. The molecule has 0 aliphatic carbocycles. The van der Waals surface area contributed by atoms with E-state index in [0.29, 0.717) is 18.8 Å². The van der Waals surface area contributed by atoms with E-state index in [1.807, 2.05) is 24.3 Å². The van der Waals surface area contributed by atoms with Gasteiger partial charge in [0.2, 0.25) is 5.91 Å². The van der Waals surface area contributed by atoms with Crippen LogP contribution in [0.5, 0.6) is 0 Å². The first-order valence-corrected chi connectivity index (χ1v) is 8.75. The zero-order valence-electron chi connectivity index (χ0n) is 14.4. The van der Waals surface area contributed by atoms with Crippen molar-refractivity contribution < 1.29 is 9.21 Å². The van der Waals surface area contributed by atoms with Crippen molar-refractivity contribution in [3.8, 4) is 0 Å². The summed E-state index contributed by atoms with van der Waals surface area (Å²) in [5.41, 5.74) is 1.29. The van der Waals surface area contributed by atoms with Gasteiger partial charge in [0.15, 0.2) is 5.82 Å². The van der Waals surface area contributed by atoms with E-state index in [1.165, 1.54) is 5.56 Å². The first kappa shape index (κ1) is 16.3. The molecule has 3 aromatic rings. The molecule has 3 heterocycles. The Hall–Kier alpha value is -3.15. The average molecular weight is 348 g/mol. The van der Waals surface area contributed by atoms with E-state index >= 15 is 0 Å². The zero-order chi connectivity index (χ0) is 17.8. The quantitative estimate of drug-likeness (QED) is 0.665. The van der Waals surface area contributed by atoms with Crippen molar-refractivity contribution in [2.45, 2.75) is 25.9 Å². The molecule has 0 spiro atoms. The number of nitrogens with zero attached hydrogens (tertiary/aromatic N) is 4. The first-order chi connectivity index (χ1) is 12.8. The lowest BCUT2D eigenvalue weighted by Gasteiger charge is -2.26. The van der Waals surface area contributed by atoms with Crippen molar-refractivity contribution in [3.05, 3.63) is 77.8 Å². The molecule has 0 atom stereocenters. The number of carbonyl (C=O) groups is 1. The molecule has 26 heavy (non-hydrogen) atoms. The Morgan fingerprint density at radius 2 is 1.96 bits per heavy atom. The number of benzene rings is 1. The smallest absolute Gasteiger partial charge is 0.247 e. The number of furan rings is 1. The summed E-state index contributed by atoms with van der Waals surface area (Å²) in [5.74, 6) is 2.46. The minimum atomic E-state index is -0.0403. The number of carbonyl (C=O) groups excluding carboxylic acids is 1. The van der Waals surface area contributed by atoms with Gasteiger partial charge in [-0.15, -0.1) is 10.2 Å². The van der Waals surface area contributed by atoms with E-state index in [9.17, 15) is 4.79 Å². The summed E-state index contributed by atoms with van der Waals surface area (Å²) in [6.45, 7) is 1.87. The van der Waals surface area contributed by atoms with Crippen LogP contribution in [0.15, 0.2) is 59.2 Å². The predicted molar refractivity (Wildman–Crippen MR) is 97.0 cm³/mol. The number of aromatic nitrogens is 3. The Balaban J connectivity index is 1.39. The molecule has 0 fully saturated rings. The number of rotatable bonds is 5. The van der Waals surface area contributed by atoms with Gasteiger partial charge in [0, 0.05) is 25.6 Å². The van der Waals surface area contributed by atoms with Gasteiger partial charge in [0.05, 0.1) is 12.8 Å². The summed E-state index contributed by atoms with van der Waals surface area (Å²) in [5, 5.41) is 8.62. The van der Waals surface area contributed by atoms with Gasteiger partial charge in [-0.3, -0.25) is 4.79 Å². The van der Waals surface area contributed by atoms with Crippen LogP contribution >= 0.6 is 0 Å². The Morgan fingerprint density at radius 3 is 2.77 bits per heavy atom. The molecular formula is C20H20N4O2. The number of amides is 1. The van der Waals surface area contributed by atoms with Crippen LogP contribution in [0.1, 0.15) is 23.0 Å².